The van der Waals surface area contributed by atoms with Gasteiger partial charge in [-0.2, -0.15) is 0 Å². The number of rotatable bonds is 4. The second-order valence-electron chi connectivity index (χ2n) is 7.14. The average Bonchev–Trinajstić information content (AvgIpc) is 3.26. The highest BCUT2D eigenvalue weighted by Gasteiger charge is 2.41. The molecule has 3 aliphatic rings. The summed E-state index contributed by atoms with van der Waals surface area (Å²) in [6.07, 6.45) is 9.65. The Morgan fingerprint density at radius 2 is 1.89 bits per heavy atom. The van der Waals surface area contributed by atoms with Crippen molar-refractivity contribution in [2.24, 2.45) is 23.5 Å². The summed E-state index contributed by atoms with van der Waals surface area (Å²) in [6.45, 7) is 3.56. The van der Waals surface area contributed by atoms with Crippen LogP contribution in [0.1, 0.15) is 61.5 Å². The van der Waals surface area contributed by atoms with E-state index in [2.05, 4.69) is 17.6 Å². The van der Waals surface area contributed by atoms with Crippen LogP contribution in [0.5, 0.6) is 0 Å². The van der Waals surface area contributed by atoms with E-state index in [-0.39, 0.29) is 0 Å². The van der Waals surface area contributed by atoms with Crippen molar-refractivity contribution in [3.05, 3.63) is 23.0 Å². The minimum Gasteiger partial charge on any atom is -0.348 e. The molecule has 2 fully saturated rings. The molecule has 0 saturated heterocycles. The molecule has 1 unspecified atom stereocenters. The van der Waals surface area contributed by atoms with Gasteiger partial charge in [-0.25, -0.2) is 0 Å². The van der Waals surface area contributed by atoms with Gasteiger partial charge in [0.05, 0.1) is 0 Å². The second-order valence-corrected chi connectivity index (χ2v) is 7.14. The maximum atomic E-state index is 6.29. The highest BCUT2D eigenvalue weighted by Crippen LogP contribution is 2.50. The zero-order valence-electron chi connectivity index (χ0n) is 12.1. The lowest BCUT2D eigenvalue weighted by molar-refractivity contribution is 0.340. The number of nitrogens with zero attached hydrogens (tertiary/aromatic N) is 1. The largest absolute Gasteiger partial charge is 0.348 e. The van der Waals surface area contributed by atoms with Gasteiger partial charge in [-0.1, -0.05) is 0 Å². The van der Waals surface area contributed by atoms with E-state index in [0.717, 1.165) is 17.8 Å². The van der Waals surface area contributed by atoms with Crippen LogP contribution in [0.4, 0.5) is 0 Å². The zero-order valence-corrected chi connectivity index (χ0v) is 12.1. The van der Waals surface area contributed by atoms with Gasteiger partial charge in [0.1, 0.15) is 0 Å². The molecule has 1 aromatic heterocycles. The highest BCUT2D eigenvalue weighted by atomic mass is 15.0. The first-order valence-electron chi connectivity index (χ1n) is 8.18. The van der Waals surface area contributed by atoms with Gasteiger partial charge in [0.2, 0.25) is 0 Å². The van der Waals surface area contributed by atoms with Crippen LogP contribution in [0.3, 0.4) is 0 Å². The molecule has 0 bridgehead atoms. The van der Waals surface area contributed by atoms with Crippen LogP contribution in [0.2, 0.25) is 0 Å². The van der Waals surface area contributed by atoms with Crippen LogP contribution in [0.15, 0.2) is 6.07 Å². The molecule has 1 heterocycles. The van der Waals surface area contributed by atoms with Crippen molar-refractivity contribution < 1.29 is 0 Å². The maximum absolute atomic E-state index is 6.29. The molecule has 4 rings (SSSR count). The van der Waals surface area contributed by atoms with Gasteiger partial charge >= 0.3 is 0 Å². The fraction of sp³-hybridized carbons (Fsp3) is 0.765. The fourth-order valence-corrected chi connectivity index (χ4v) is 4.20. The molecule has 0 radical (unpaired) electrons. The molecule has 2 heteroatoms. The normalized spacial score (nSPS) is 26.8. The summed E-state index contributed by atoms with van der Waals surface area (Å²) in [6, 6.07) is 2.67. The van der Waals surface area contributed by atoms with Gasteiger partial charge in [-0.15, -0.1) is 0 Å². The number of aryl methyl sites for hydroxylation is 1. The van der Waals surface area contributed by atoms with Crippen LogP contribution in [-0.4, -0.2) is 4.57 Å². The third kappa shape index (κ3) is 2.14. The summed E-state index contributed by atoms with van der Waals surface area (Å²) >= 11 is 0. The van der Waals surface area contributed by atoms with Crippen LogP contribution in [0.25, 0.3) is 0 Å². The monoisotopic (exact) mass is 258 g/mol. The standard InChI is InChI=1S/C17H26N2/c1-11-9-14-16(18)3-2-4-17(14)19(11)10-15(12-5-6-12)13-7-8-13/h9,12-13,15-16H,2-8,10,18H2,1H3. The minimum absolute atomic E-state index is 0.295. The topological polar surface area (TPSA) is 30.9 Å². The van der Waals surface area contributed by atoms with E-state index in [1.807, 2.05) is 0 Å². The molecule has 0 spiro atoms. The first kappa shape index (κ1) is 12.0. The number of hydrogen-bond acceptors (Lipinski definition) is 1. The van der Waals surface area contributed by atoms with Gasteiger partial charge < -0.3 is 10.3 Å². The number of nitrogens with two attached hydrogens (primary N) is 1. The van der Waals surface area contributed by atoms with Crippen molar-refractivity contribution >= 4 is 0 Å². The number of fused-ring (bicyclic) bond motifs is 1. The van der Waals surface area contributed by atoms with E-state index in [4.69, 9.17) is 5.73 Å². The van der Waals surface area contributed by atoms with E-state index < -0.39 is 0 Å². The summed E-state index contributed by atoms with van der Waals surface area (Å²) < 4.78 is 2.63. The molecule has 19 heavy (non-hydrogen) atoms. The van der Waals surface area contributed by atoms with Crippen molar-refractivity contribution in [1.29, 1.82) is 0 Å². The van der Waals surface area contributed by atoms with Crippen LogP contribution >= 0.6 is 0 Å². The van der Waals surface area contributed by atoms with Gasteiger partial charge in [0.25, 0.3) is 0 Å². The van der Waals surface area contributed by atoms with E-state index in [9.17, 15) is 0 Å². The summed E-state index contributed by atoms with van der Waals surface area (Å²) in [5.74, 6) is 3.05. The second kappa shape index (κ2) is 4.37. The predicted molar refractivity (Wildman–Crippen MR) is 78.0 cm³/mol. The maximum Gasteiger partial charge on any atom is 0.0313 e. The van der Waals surface area contributed by atoms with E-state index in [1.54, 1.807) is 5.69 Å². The highest BCUT2D eigenvalue weighted by molar-refractivity contribution is 5.32. The zero-order chi connectivity index (χ0) is 13.0. The van der Waals surface area contributed by atoms with Crippen molar-refractivity contribution in [3.63, 3.8) is 0 Å². The quantitative estimate of drug-likeness (QED) is 0.879. The molecule has 2 nitrogen and oxygen atoms in total. The summed E-state index contributed by atoms with van der Waals surface area (Å²) in [4.78, 5) is 0. The molecule has 2 N–H and O–H groups in total. The molecule has 3 aliphatic carbocycles. The molecule has 2 saturated carbocycles. The van der Waals surface area contributed by atoms with E-state index >= 15 is 0 Å². The van der Waals surface area contributed by atoms with Crippen molar-refractivity contribution in [3.8, 4) is 0 Å². The Balaban J connectivity index is 1.63. The van der Waals surface area contributed by atoms with Gasteiger partial charge in [0.15, 0.2) is 0 Å². The predicted octanol–water partition coefficient (Wildman–Crippen LogP) is 3.57. The smallest absolute Gasteiger partial charge is 0.0313 e. The Morgan fingerprint density at radius 1 is 1.21 bits per heavy atom. The molecule has 104 valence electrons. The van der Waals surface area contributed by atoms with E-state index in [0.29, 0.717) is 6.04 Å². The third-order valence-corrected chi connectivity index (χ3v) is 5.63. The van der Waals surface area contributed by atoms with Crippen LogP contribution in [0, 0.1) is 24.7 Å². The SMILES string of the molecule is Cc1cc2c(n1CC(C1CC1)C1CC1)CCCC2N. The minimum atomic E-state index is 0.295. The summed E-state index contributed by atoms with van der Waals surface area (Å²) in [7, 11) is 0. The molecule has 0 aromatic carbocycles. The molecular weight excluding hydrogens is 232 g/mol. The lowest BCUT2D eigenvalue weighted by Gasteiger charge is -2.24. The molecule has 0 amide bonds. The summed E-state index contributed by atoms with van der Waals surface area (Å²) in [5.41, 5.74) is 10.8. The Labute approximate surface area is 116 Å². The van der Waals surface area contributed by atoms with Crippen molar-refractivity contribution in [1.82, 2.24) is 4.57 Å². The lowest BCUT2D eigenvalue weighted by Crippen LogP contribution is -2.21. The van der Waals surface area contributed by atoms with Gasteiger partial charge in [-0.3, -0.25) is 0 Å². The number of hydrogen-bond donors (Lipinski definition) is 1. The van der Waals surface area contributed by atoms with E-state index in [1.165, 1.54) is 62.7 Å². The Morgan fingerprint density at radius 3 is 2.53 bits per heavy atom. The Kier molecular flexibility index (Phi) is 2.77. The average molecular weight is 258 g/mol. The van der Waals surface area contributed by atoms with Crippen molar-refractivity contribution in [2.45, 2.75) is 64.5 Å². The van der Waals surface area contributed by atoms with Crippen LogP contribution < -0.4 is 5.73 Å². The fourth-order valence-electron chi connectivity index (χ4n) is 4.20. The molecular formula is C17H26N2. The molecule has 1 atom stereocenters. The lowest BCUT2D eigenvalue weighted by atomic mass is 9.93. The van der Waals surface area contributed by atoms with Gasteiger partial charge in [-0.05, 0) is 81.3 Å². The van der Waals surface area contributed by atoms with Crippen LogP contribution in [-0.2, 0) is 13.0 Å². The Bertz CT molecular complexity index is 468. The first-order valence-corrected chi connectivity index (χ1v) is 8.18. The number of aromatic nitrogens is 1. The van der Waals surface area contributed by atoms with Gasteiger partial charge in [0, 0.05) is 24.0 Å². The van der Waals surface area contributed by atoms with Crippen molar-refractivity contribution in [2.75, 3.05) is 0 Å². The Hall–Kier alpha value is -0.760. The summed E-state index contributed by atoms with van der Waals surface area (Å²) in [5, 5.41) is 0. The molecule has 1 aromatic rings. The first-order chi connectivity index (χ1) is 9.24. The molecule has 0 aliphatic heterocycles. The third-order valence-electron chi connectivity index (χ3n) is 5.63.